The number of esters is 1. The molecule has 1 fully saturated rings. The number of ketones is 1. The number of Topliss-reactive ketones (excluding diaryl/α,β-unsaturated/α-hetero) is 1. The molecule has 102 valence electrons. The zero-order valence-corrected chi connectivity index (χ0v) is 11.1. The van der Waals surface area contributed by atoms with E-state index in [1.807, 2.05) is 0 Å². The Morgan fingerprint density at radius 2 is 1.89 bits per heavy atom. The summed E-state index contributed by atoms with van der Waals surface area (Å²) in [4.78, 5) is 34.4. The molecule has 2 unspecified atom stereocenters. The maximum absolute atomic E-state index is 11.6. The second-order valence-corrected chi connectivity index (χ2v) is 5.33. The van der Waals surface area contributed by atoms with Crippen LogP contribution in [0.1, 0.15) is 33.6 Å². The molecule has 0 aromatic rings. The van der Waals surface area contributed by atoms with Crippen LogP contribution < -0.4 is 5.32 Å². The highest BCUT2D eigenvalue weighted by atomic mass is 16.6. The lowest BCUT2D eigenvalue weighted by Crippen LogP contribution is -2.43. The molecule has 1 aliphatic carbocycles. The minimum Gasteiger partial charge on any atom is -0.469 e. The zero-order valence-electron chi connectivity index (χ0n) is 11.1. The van der Waals surface area contributed by atoms with Crippen LogP contribution in [0.4, 0.5) is 4.79 Å². The molecule has 0 aromatic carbocycles. The Labute approximate surface area is 106 Å². The van der Waals surface area contributed by atoms with Crippen molar-refractivity contribution >= 4 is 17.8 Å². The molecule has 1 amide bonds. The van der Waals surface area contributed by atoms with Crippen LogP contribution in [0.2, 0.25) is 0 Å². The Hall–Kier alpha value is -1.59. The fourth-order valence-corrected chi connectivity index (χ4v) is 1.87. The van der Waals surface area contributed by atoms with E-state index in [1.54, 1.807) is 20.8 Å². The summed E-state index contributed by atoms with van der Waals surface area (Å²) in [5, 5.41) is 2.55. The van der Waals surface area contributed by atoms with Gasteiger partial charge in [0.05, 0.1) is 19.1 Å². The van der Waals surface area contributed by atoms with E-state index in [0.29, 0.717) is 0 Å². The molecule has 6 nitrogen and oxygen atoms in total. The summed E-state index contributed by atoms with van der Waals surface area (Å²) in [5.41, 5.74) is -0.618. The van der Waals surface area contributed by atoms with Crippen molar-refractivity contribution in [1.82, 2.24) is 5.32 Å². The second-order valence-electron chi connectivity index (χ2n) is 5.33. The molecule has 0 bridgehead atoms. The summed E-state index contributed by atoms with van der Waals surface area (Å²) < 4.78 is 9.70. The van der Waals surface area contributed by atoms with Gasteiger partial charge in [-0.1, -0.05) is 0 Å². The first-order valence-corrected chi connectivity index (χ1v) is 5.82. The van der Waals surface area contributed by atoms with Crippen LogP contribution in [0.5, 0.6) is 0 Å². The van der Waals surface area contributed by atoms with E-state index in [-0.39, 0.29) is 18.6 Å². The fraction of sp³-hybridized carbons (Fsp3) is 0.750. The first kappa shape index (κ1) is 14.5. The number of hydrogen-bond acceptors (Lipinski definition) is 5. The van der Waals surface area contributed by atoms with E-state index < -0.39 is 29.6 Å². The number of ether oxygens (including phenoxy) is 2. The molecule has 1 saturated carbocycles. The van der Waals surface area contributed by atoms with Crippen LogP contribution in [-0.2, 0) is 19.1 Å². The molecule has 0 aliphatic heterocycles. The molecule has 1 N–H and O–H groups in total. The molecule has 0 radical (unpaired) electrons. The van der Waals surface area contributed by atoms with Gasteiger partial charge in [-0.25, -0.2) is 4.79 Å². The number of methoxy groups -OCH3 is 1. The summed E-state index contributed by atoms with van der Waals surface area (Å²) in [6, 6.07) is -0.542. The van der Waals surface area contributed by atoms with Crippen LogP contribution in [0, 0.1) is 5.92 Å². The van der Waals surface area contributed by atoms with E-state index >= 15 is 0 Å². The SMILES string of the molecule is COC(=O)C1CC(=O)CC1NC(=O)OC(C)(C)C. The van der Waals surface area contributed by atoms with Crippen molar-refractivity contribution in [3.63, 3.8) is 0 Å². The van der Waals surface area contributed by atoms with Crippen molar-refractivity contribution in [2.24, 2.45) is 5.92 Å². The summed E-state index contributed by atoms with van der Waals surface area (Å²) in [6.07, 6.45) is -0.386. The number of carbonyl (C=O) groups is 3. The first-order valence-electron chi connectivity index (χ1n) is 5.82. The van der Waals surface area contributed by atoms with Crippen molar-refractivity contribution < 1.29 is 23.9 Å². The van der Waals surface area contributed by atoms with Crippen LogP contribution in [0.25, 0.3) is 0 Å². The molecule has 18 heavy (non-hydrogen) atoms. The minimum absolute atomic E-state index is 0.0635. The third-order valence-electron chi connectivity index (χ3n) is 2.59. The van der Waals surface area contributed by atoms with Crippen molar-refractivity contribution in [1.29, 1.82) is 0 Å². The van der Waals surface area contributed by atoms with Gasteiger partial charge >= 0.3 is 12.1 Å². The normalized spacial score (nSPS) is 23.7. The van der Waals surface area contributed by atoms with E-state index in [9.17, 15) is 14.4 Å². The smallest absolute Gasteiger partial charge is 0.407 e. The van der Waals surface area contributed by atoms with Crippen LogP contribution in [-0.4, -0.2) is 36.6 Å². The van der Waals surface area contributed by atoms with Gasteiger partial charge in [0.2, 0.25) is 0 Å². The highest BCUT2D eigenvalue weighted by Crippen LogP contribution is 2.24. The monoisotopic (exact) mass is 257 g/mol. The Morgan fingerprint density at radius 3 is 2.39 bits per heavy atom. The standard InChI is InChI=1S/C12H19NO5/c1-12(2,3)18-11(16)13-9-6-7(14)5-8(9)10(15)17-4/h8-9H,5-6H2,1-4H3,(H,13,16). The molecular formula is C12H19NO5. The molecule has 0 aromatic heterocycles. The van der Waals surface area contributed by atoms with Gasteiger partial charge in [-0.05, 0) is 20.8 Å². The molecule has 6 heteroatoms. The number of alkyl carbamates (subject to hydrolysis) is 1. The fourth-order valence-electron chi connectivity index (χ4n) is 1.87. The van der Waals surface area contributed by atoms with Gasteiger partial charge < -0.3 is 14.8 Å². The van der Waals surface area contributed by atoms with Crippen LogP contribution >= 0.6 is 0 Å². The molecule has 0 heterocycles. The number of nitrogens with one attached hydrogen (secondary N) is 1. The lowest BCUT2D eigenvalue weighted by atomic mass is 10.0. The number of carbonyl (C=O) groups excluding carboxylic acids is 3. The highest BCUT2D eigenvalue weighted by Gasteiger charge is 2.40. The predicted octanol–water partition coefficient (Wildman–Crippen LogP) is 1.03. The lowest BCUT2D eigenvalue weighted by Gasteiger charge is -2.23. The molecule has 2 atom stereocenters. The Bertz CT molecular complexity index is 358. The van der Waals surface area contributed by atoms with Gasteiger partial charge in [0.25, 0.3) is 0 Å². The van der Waals surface area contributed by atoms with Gasteiger partial charge in [0.15, 0.2) is 0 Å². The number of hydrogen-bond donors (Lipinski definition) is 1. The summed E-state index contributed by atoms with van der Waals surface area (Å²) in [5.74, 6) is -1.16. The average Bonchev–Trinajstić information content (AvgIpc) is 2.55. The van der Waals surface area contributed by atoms with Crippen molar-refractivity contribution in [2.75, 3.05) is 7.11 Å². The second kappa shape index (κ2) is 5.37. The maximum Gasteiger partial charge on any atom is 0.407 e. The molecule has 0 spiro atoms. The van der Waals surface area contributed by atoms with E-state index in [0.717, 1.165) is 0 Å². The summed E-state index contributed by atoms with van der Waals surface area (Å²) in [7, 11) is 1.26. The van der Waals surface area contributed by atoms with Crippen LogP contribution in [0.15, 0.2) is 0 Å². The van der Waals surface area contributed by atoms with Gasteiger partial charge in [0.1, 0.15) is 11.4 Å². The van der Waals surface area contributed by atoms with Gasteiger partial charge in [-0.15, -0.1) is 0 Å². The molecule has 1 rings (SSSR count). The third kappa shape index (κ3) is 4.01. The molecular weight excluding hydrogens is 238 g/mol. The number of rotatable bonds is 2. The Morgan fingerprint density at radius 1 is 1.28 bits per heavy atom. The Balaban J connectivity index is 2.62. The Kier molecular flexibility index (Phi) is 4.32. The third-order valence-corrected chi connectivity index (χ3v) is 2.59. The van der Waals surface area contributed by atoms with Crippen molar-refractivity contribution in [3.05, 3.63) is 0 Å². The average molecular weight is 257 g/mol. The maximum atomic E-state index is 11.6. The van der Waals surface area contributed by atoms with Gasteiger partial charge in [-0.3, -0.25) is 9.59 Å². The lowest BCUT2D eigenvalue weighted by molar-refractivity contribution is -0.146. The number of amides is 1. The largest absolute Gasteiger partial charge is 0.469 e. The van der Waals surface area contributed by atoms with Crippen molar-refractivity contribution in [3.8, 4) is 0 Å². The van der Waals surface area contributed by atoms with E-state index in [2.05, 4.69) is 10.1 Å². The summed E-state index contributed by atoms with van der Waals surface area (Å²) >= 11 is 0. The molecule has 0 saturated heterocycles. The quantitative estimate of drug-likeness (QED) is 0.747. The van der Waals surface area contributed by atoms with Crippen LogP contribution in [0.3, 0.4) is 0 Å². The van der Waals surface area contributed by atoms with Gasteiger partial charge in [0, 0.05) is 12.8 Å². The minimum atomic E-state index is -0.629. The van der Waals surface area contributed by atoms with E-state index in [1.165, 1.54) is 7.11 Å². The first-order chi connectivity index (χ1) is 8.23. The predicted molar refractivity (Wildman–Crippen MR) is 62.9 cm³/mol. The zero-order chi connectivity index (χ0) is 13.9. The summed E-state index contributed by atoms with van der Waals surface area (Å²) in [6.45, 7) is 5.22. The molecule has 1 aliphatic rings. The topological polar surface area (TPSA) is 81.7 Å². The van der Waals surface area contributed by atoms with Gasteiger partial charge in [-0.2, -0.15) is 0 Å². The van der Waals surface area contributed by atoms with E-state index in [4.69, 9.17) is 4.74 Å². The highest BCUT2D eigenvalue weighted by molar-refractivity contribution is 5.90. The van der Waals surface area contributed by atoms with Crippen molar-refractivity contribution in [2.45, 2.75) is 45.3 Å².